The number of hydrogen-bond acceptors (Lipinski definition) is 5. The third kappa shape index (κ3) is 5.35. The van der Waals surface area contributed by atoms with Crippen LogP contribution in [0, 0.1) is 10.1 Å². The second-order valence-corrected chi connectivity index (χ2v) is 9.00. The van der Waals surface area contributed by atoms with Gasteiger partial charge in [0.25, 0.3) is 5.69 Å². The summed E-state index contributed by atoms with van der Waals surface area (Å²) < 4.78 is 6.90. The molecule has 1 aromatic heterocycles. The minimum Gasteiger partial charge on any atom is -0.465 e. The van der Waals surface area contributed by atoms with Crippen LogP contribution in [0.1, 0.15) is 15.9 Å². The maximum atomic E-state index is 12.1. The van der Waals surface area contributed by atoms with Gasteiger partial charge in [-0.15, -0.1) is 0 Å². The molecule has 0 aliphatic rings. The lowest BCUT2D eigenvalue weighted by molar-refractivity contribution is -0.384. The van der Waals surface area contributed by atoms with Gasteiger partial charge in [0, 0.05) is 29.6 Å². The lowest BCUT2D eigenvalue weighted by Gasteiger charge is -2.15. The molecule has 1 heterocycles. The first-order valence-electron chi connectivity index (χ1n) is 12.0. The van der Waals surface area contributed by atoms with E-state index in [0.717, 1.165) is 33.8 Å². The van der Waals surface area contributed by atoms with Crippen molar-refractivity contribution in [3.05, 3.63) is 135 Å². The Labute approximate surface area is 229 Å². The van der Waals surface area contributed by atoms with Crippen LogP contribution in [0.25, 0.3) is 28.2 Å². The van der Waals surface area contributed by atoms with Crippen molar-refractivity contribution in [2.75, 3.05) is 7.11 Å². The maximum Gasteiger partial charge on any atom is 0.339 e. The van der Waals surface area contributed by atoms with Crippen molar-refractivity contribution in [1.29, 1.82) is 0 Å². The number of methoxy groups -OCH3 is 1. The van der Waals surface area contributed by atoms with Gasteiger partial charge < -0.3 is 9.30 Å². The van der Waals surface area contributed by atoms with Gasteiger partial charge in [-0.25, -0.2) is 4.79 Å². The largest absolute Gasteiger partial charge is 0.465 e. The van der Waals surface area contributed by atoms with Gasteiger partial charge in [0.1, 0.15) is 0 Å². The number of hydrogen-bond donors (Lipinski definition) is 0. The molecule has 192 valence electrons. The highest BCUT2D eigenvalue weighted by Crippen LogP contribution is 2.36. The molecule has 39 heavy (non-hydrogen) atoms. The lowest BCUT2D eigenvalue weighted by atomic mass is 10.1. The number of ether oxygens (including phenoxy) is 1. The fourth-order valence-corrected chi connectivity index (χ4v) is 4.53. The van der Waals surface area contributed by atoms with E-state index < -0.39 is 10.9 Å². The van der Waals surface area contributed by atoms with Crippen LogP contribution in [0.5, 0.6) is 0 Å². The van der Waals surface area contributed by atoms with Crippen molar-refractivity contribution in [3.63, 3.8) is 0 Å². The van der Waals surface area contributed by atoms with Crippen LogP contribution in [0.3, 0.4) is 0 Å². The second-order valence-electron chi connectivity index (χ2n) is 8.59. The molecule has 0 fully saturated rings. The van der Waals surface area contributed by atoms with Gasteiger partial charge in [-0.3, -0.25) is 15.1 Å². The zero-order valence-corrected chi connectivity index (χ0v) is 21.6. The number of nitro groups is 1. The Morgan fingerprint density at radius 3 is 2.15 bits per heavy atom. The van der Waals surface area contributed by atoms with E-state index in [4.69, 9.17) is 16.3 Å². The van der Waals surface area contributed by atoms with Gasteiger partial charge in [-0.2, -0.15) is 0 Å². The van der Waals surface area contributed by atoms with Gasteiger partial charge in [0.15, 0.2) is 0 Å². The first kappa shape index (κ1) is 25.6. The number of esters is 1. The Kier molecular flexibility index (Phi) is 7.34. The number of carbonyl (C=O) groups excluding carboxylic acids is 1. The molecule has 5 aromatic rings. The zero-order valence-electron chi connectivity index (χ0n) is 20.8. The van der Waals surface area contributed by atoms with Crippen LogP contribution < -0.4 is 0 Å². The summed E-state index contributed by atoms with van der Waals surface area (Å²) in [5.41, 5.74) is 5.99. The smallest absolute Gasteiger partial charge is 0.339 e. The number of aromatic nitrogens is 1. The highest BCUT2D eigenvalue weighted by Gasteiger charge is 2.19. The van der Waals surface area contributed by atoms with E-state index in [2.05, 4.69) is 9.56 Å². The number of nitro benzene ring substituents is 1. The number of carbonyl (C=O) groups is 1. The molecule has 5 rings (SSSR count). The maximum absolute atomic E-state index is 12.1. The van der Waals surface area contributed by atoms with E-state index in [1.54, 1.807) is 36.5 Å². The standard InChI is InChI=1S/C31H22ClN3O4/c1-39-31(36)27-19-24(12-17-28(27)32)33-20-23-18-29(21-8-4-2-5-9-21)34(30(23)22-10-6-3-7-11-22)25-13-15-26(16-14-25)35(37)38/h2-20H,1H3. The molecule has 0 aliphatic heterocycles. The molecular weight excluding hydrogens is 514 g/mol. The highest BCUT2D eigenvalue weighted by atomic mass is 35.5. The van der Waals surface area contributed by atoms with Crippen LogP contribution in [-0.4, -0.2) is 28.8 Å². The van der Waals surface area contributed by atoms with Crippen LogP contribution in [-0.2, 0) is 4.74 Å². The van der Waals surface area contributed by atoms with Crippen molar-refractivity contribution in [2.24, 2.45) is 4.99 Å². The molecule has 0 unspecified atom stereocenters. The Bertz CT molecular complexity index is 1680. The van der Waals surface area contributed by atoms with Gasteiger partial charge in [-0.1, -0.05) is 72.3 Å². The van der Waals surface area contributed by atoms with E-state index in [0.29, 0.717) is 5.69 Å². The molecule has 0 aliphatic carbocycles. The summed E-state index contributed by atoms with van der Waals surface area (Å²) in [6, 6.07) is 33.1. The molecule has 0 saturated carbocycles. The van der Waals surface area contributed by atoms with Gasteiger partial charge in [0.2, 0.25) is 0 Å². The van der Waals surface area contributed by atoms with Crippen molar-refractivity contribution in [3.8, 4) is 28.2 Å². The monoisotopic (exact) mass is 535 g/mol. The summed E-state index contributed by atoms with van der Waals surface area (Å²) in [5, 5.41) is 11.6. The normalized spacial score (nSPS) is 11.0. The number of benzene rings is 4. The molecule has 0 saturated heterocycles. The quantitative estimate of drug-likeness (QED) is 0.0916. The number of nitrogens with zero attached hydrogens (tertiary/aromatic N) is 3. The molecule has 4 aromatic carbocycles. The summed E-state index contributed by atoms with van der Waals surface area (Å²) in [5.74, 6) is -0.544. The SMILES string of the molecule is COC(=O)c1cc(N=Cc2cc(-c3ccccc3)n(-c3ccc([N+](=O)[O-])cc3)c2-c2ccccc2)ccc1Cl. The predicted octanol–water partition coefficient (Wildman–Crippen LogP) is 7.91. The number of rotatable bonds is 7. The molecule has 0 bridgehead atoms. The summed E-state index contributed by atoms with van der Waals surface area (Å²) in [4.78, 5) is 27.7. The highest BCUT2D eigenvalue weighted by molar-refractivity contribution is 6.33. The molecule has 0 amide bonds. The van der Waals surface area contributed by atoms with Crippen LogP contribution in [0.15, 0.2) is 114 Å². The summed E-state index contributed by atoms with van der Waals surface area (Å²) in [7, 11) is 1.30. The Hall–Kier alpha value is -5.01. The second kappa shape index (κ2) is 11.2. The van der Waals surface area contributed by atoms with Crippen molar-refractivity contribution in [1.82, 2.24) is 4.57 Å². The summed E-state index contributed by atoms with van der Waals surface area (Å²) in [6.07, 6.45) is 1.74. The third-order valence-corrected chi connectivity index (χ3v) is 6.50. The molecule has 0 atom stereocenters. The summed E-state index contributed by atoms with van der Waals surface area (Å²) >= 11 is 6.18. The van der Waals surface area contributed by atoms with Gasteiger partial charge in [0.05, 0.1) is 39.7 Å². The Balaban J connectivity index is 1.73. The van der Waals surface area contributed by atoms with E-state index >= 15 is 0 Å². The molecule has 0 N–H and O–H groups in total. The lowest BCUT2D eigenvalue weighted by Crippen LogP contribution is -2.01. The first-order valence-corrected chi connectivity index (χ1v) is 12.4. The molecule has 8 heteroatoms. The number of non-ortho nitro benzene ring substituents is 1. The fourth-order valence-electron chi connectivity index (χ4n) is 4.34. The molecule has 0 radical (unpaired) electrons. The fraction of sp³-hybridized carbons (Fsp3) is 0.0323. The average Bonchev–Trinajstić information content (AvgIpc) is 3.36. The minimum atomic E-state index is -0.544. The number of halogens is 1. The zero-order chi connectivity index (χ0) is 27.4. The average molecular weight is 536 g/mol. The van der Waals surface area contributed by atoms with E-state index in [1.807, 2.05) is 66.7 Å². The van der Waals surface area contributed by atoms with E-state index in [-0.39, 0.29) is 16.3 Å². The van der Waals surface area contributed by atoms with Crippen LogP contribution in [0.4, 0.5) is 11.4 Å². The minimum absolute atomic E-state index is 0.0133. The van der Waals surface area contributed by atoms with E-state index in [1.165, 1.54) is 19.2 Å². The number of aliphatic imine (C=N–C) groups is 1. The molecule has 7 nitrogen and oxygen atoms in total. The third-order valence-electron chi connectivity index (χ3n) is 6.17. The van der Waals surface area contributed by atoms with Crippen LogP contribution in [0.2, 0.25) is 5.02 Å². The van der Waals surface area contributed by atoms with Crippen molar-refractivity contribution >= 4 is 35.2 Å². The molecular formula is C31H22ClN3O4. The first-order chi connectivity index (χ1) is 19.0. The Morgan fingerprint density at radius 1 is 0.897 bits per heavy atom. The predicted molar refractivity (Wildman–Crippen MR) is 153 cm³/mol. The topological polar surface area (TPSA) is 86.7 Å². The Morgan fingerprint density at radius 2 is 1.54 bits per heavy atom. The van der Waals surface area contributed by atoms with E-state index in [9.17, 15) is 14.9 Å². The van der Waals surface area contributed by atoms with Gasteiger partial charge in [-0.05, 0) is 47.5 Å². The van der Waals surface area contributed by atoms with Crippen molar-refractivity contribution < 1.29 is 14.5 Å². The van der Waals surface area contributed by atoms with Gasteiger partial charge >= 0.3 is 5.97 Å². The summed E-state index contributed by atoms with van der Waals surface area (Å²) in [6.45, 7) is 0. The molecule has 0 spiro atoms. The van der Waals surface area contributed by atoms with Crippen molar-refractivity contribution in [2.45, 2.75) is 0 Å². The van der Waals surface area contributed by atoms with Crippen LogP contribution >= 0.6 is 11.6 Å².